The van der Waals surface area contributed by atoms with Crippen molar-refractivity contribution in [2.75, 3.05) is 0 Å². The molecule has 0 heterocycles. The number of allylic oxidation sites excluding steroid dienone is 4. The van der Waals surface area contributed by atoms with E-state index in [1.807, 2.05) is 12.2 Å². The topological polar surface area (TPSA) is 0 Å². The van der Waals surface area contributed by atoms with Crippen molar-refractivity contribution in [1.82, 2.24) is 0 Å². The molecule has 0 aliphatic heterocycles. The molecule has 37 heavy (non-hydrogen) atoms. The van der Waals surface area contributed by atoms with Gasteiger partial charge in [0.05, 0.1) is 0 Å². The van der Waals surface area contributed by atoms with Crippen LogP contribution in [-0.4, -0.2) is 0 Å². The van der Waals surface area contributed by atoms with Crippen molar-refractivity contribution in [3.05, 3.63) is 162 Å². The Bertz CT molecular complexity index is 1330. The average molecular weight is 576 g/mol. The summed E-state index contributed by atoms with van der Waals surface area (Å²) in [5, 5.41) is 5.65. The molecule has 0 amide bonds. The van der Waals surface area contributed by atoms with Crippen molar-refractivity contribution in [3.8, 4) is 0 Å². The van der Waals surface area contributed by atoms with Crippen LogP contribution in [0.1, 0.15) is 23.1 Å². The third kappa shape index (κ3) is 9.59. The Labute approximate surface area is 243 Å². The van der Waals surface area contributed by atoms with E-state index < -0.39 is 0 Å². The second-order valence-electron chi connectivity index (χ2n) is 8.75. The molecule has 0 bridgehead atoms. The minimum absolute atomic E-state index is 0. The van der Waals surface area contributed by atoms with Gasteiger partial charge in [0.25, 0.3) is 0 Å². The van der Waals surface area contributed by atoms with E-state index in [0.29, 0.717) is 0 Å². The molecule has 1 atom stereocenters. The normalized spacial score (nSPS) is 11.5. The molecule has 182 valence electrons. The van der Waals surface area contributed by atoms with Crippen LogP contribution in [0.15, 0.2) is 140 Å². The summed E-state index contributed by atoms with van der Waals surface area (Å²) in [6, 6.07) is 43.0. The summed E-state index contributed by atoms with van der Waals surface area (Å²) in [7, 11) is 0.754. The Morgan fingerprint density at radius 3 is 1.86 bits per heavy atom. The number of hydrogen-bond donors (Lipinski definition) is 0. The number of benzene rings is 4. The molecule has 1 unspecified atom stereocenters. The first kappa shape index (κ1) is 28.8. The molecule has 0 saturated carbocycles. The molecular formula is C35H33PZr. The maximum atomic E-state index is 2.99. The summed E-state index contributed by atoms with van der Waals surface area (Å²) in [5.74, 6) is 0. The molecule has 0 saturated heterocycles. The van der Waals surface area contributed by atoms with Crippen LogP contribution in [0.3, 0.4) is 0 Å². The summed E-state index contributed by atoms with van der Waals surface area (Å²) >= 11 is 0. The van der Waals surface area contributed by atoms with Gasteiger partial charge < -0.3 is 0 Å². The van der Waals surface area contributed by atoms with Crippen molar-refractivity contribution in [2.45, 2.75) is 26.2 Å². The molecule has 0 N–H and O–H groups in total. The van der Waals surface area contributed by atoms with Gasteiger partial charge in [0, 0.05) is 0 Å². The molecular weight excluding hydrogens is 543 g/mol. The van der Waals surface area contributed by atoms with Gasteiger partial charge in [0.1, 0.15) is 0 Å². The van der Waals surface area contributed by atoms with Gasteiger partial charge >= 0.3 is 26.2 Å². The van der Waals surface area contributed by atoms with Crippen LogP contribution in [-0.2, 0) is 39.0 Å². The third-order valence-electron chi connectivity index (χ3n) is 6.07. The van der Waals surface area contributed by atoms with E-state index in [2.05, 4.69) is 140 Å². The molecule has 5 aromatic carbocycles. The van der Waals surface area contributed by atoms with Crippen LogP contribution in [0, 0.1) is 13.0 Å². The Balaban J connectivity index is 0.000000171. The molecule has 0 radical (unpaired) electrons. The van der Waals surface area contributed by atoms with Crippen LogP contribution in [0.5, 0.6) is 0 Å². The van der Waals surface area contributed by atoms with E-state index in [-0.39, 0.29) is 26.2 Å². The van der Waals surface area contributed by atoms with Gasteiger partial charge in [-0.15, -0.1) is 55.3 Å². The van der Waals surface area contributed by atoms with Gasteiger partial charge in [-0.05, 0) is 41.8 Å². The molecule has 0 spiro atoms. The first-order valence-electron chi connectivity index (χ1n) is 12.6. The van der Waals surface area contributed by atoms with Crippen LogP contribution in [0.25, 0.3) is 10.8 Å². The zero-order chi connectivity index (χ0) is 24.8. The molecule has 1 aliphatic rings. The number of fused-ring (bicyclic) bond motifs is 1. The zero-order valence-electron chi connectivity index (χ0n) is 21.4. The quantitative estimate of drug-likeness (QED) is 0.146. The van der Waals surface area contributed by atoms with Crippen LogP contribution >= 0.6 is 8.58 Å². The first-order valence-corrected chi connectivity index (χ1v) is 13.6. The van der Waals surface area contributed by atoms with Crippen LogP contribution in [0.2, 0.25) is 0 Å². The Hall–Kier alpha value is -2.72. The van der Waals surface area contributed by atoms with Crippen molar-refractivity contribution < 1.29 is 26.2 Å². The minimum Gasteiger partial charge on any atom is -0.273 e. The number of hydrogen-bond acceptors (Lipinski definition) is 0. The van der Waals surface area contributed by atoms with Crippen molar-refractivity contribution in [3.63, 3.8) is 0 Å². The van der Waals surface area contributed by atoms with E-state index in [9.17, 15) is 0 Å². The zero-order valence-corrected chi connectivity index (χ0v) is 24.9. The standard InChI is InChI=1S/C16H14P.C14H14.C5H5.Zr/c1-12-6-2-5-9-15(12)17-16-11-10-13-7-3-4-8-14(13)16;1-3-7-13(8-4-1)11-12-14-9-5-2-6-10-14;1-2-4-5-3-1;/h2-11,17H,1H3;1-10H,11-12H2;1-3H,4H2;/q-1;;-1;+2. The van der Waals surface area contributed by atoms with Crippen LogP contribution < -0.4 is 10.6 Å². The molecule has 1 aliphatic carbocycles. The van der Waals surface area contributed by atoms with Gasteiger partial charge in [0.15, 0.2) is 0 Å². The van der Waals surface area contributed by atoms with E-state index in [1.54, 1.807) is 0 Å². The molecule has 6 rings (SSSR count). The average Bonchev–Trinajstić information content (AvgIpc) is 3.65. The summed E-state index contributed by atoms with van der Waals surface area (Å²) < 4.78 is 0. The molecule has 2 heteroatoms. The van der Waals surface area contributed by atoms with Crippen LogP contribution in [0.4, 0.5) is 0 Å². The fourth-order valence-electron chi connectivity index (χ4n) is 4.04. The maximum Gasteiger partial charge on any atom is 2.00 e. The van der Waals surface area contributed by atoms with Gasteiger partial charge in [-0.1, -0.05) is 91.0 Å². The number of rotatable bonds is 5. The van der Waals surface area contributed by atoms with Gasteiger partial charge in [-0.3, -0.25) is 6.08 Å². The largest absolute Gasteiger partial charge is 2.00 e. The first-order chi connectivity index (χ1) is 17.8. The van der Waals surface area contributed by atoms with Crippen molar-refractivity contribution in [1.29, 1.82) is 0 Å². The summed E-state index contributed by atoms with van der Waals surface area (Å²) in [6.07, 6.45) is 12.3. The van der Waals surface area contributed by atoms with E-state index in [1.165, 1.54) is 38.1 Å². The van der Waals surface area contributed by atoms with E-state index in [0.717, 1.165) is 27.8 Å². The van der Waals surface area contributed by atoms with Crippen molar-refractivity contribution in [2.24, 2.45) is 0 Å². The van der Waals surface area contributed by atoms with Gasteiger partial charge in [-0.25, -0.2) is 12.2 Å². The Morgan fingerprint density at radius 1 is 0.703 bits per heavy atom. The molecule has 5 aromatic rings. The van der Waals surface area contributed by atoms with Crippen molar-refractivity contribution >= 4 is 30.0 Å². The monoisotopic (exact) mass is 574 g/mol. The number of aryl methyl sites for hydroxylation is 3. The minimum atomic E-state index is 0. The molecule has 0 fully saturated rings. The maximum absolute atomic E-state index is 2.99. The Morgan fingerprint density at radius 2 is 1.30 bits per heavy atom. The summed E-state index contributed by atoms with van der Waals surface area (Å²) in [6.45, 7) is 2.19. The summed E-state index contributed by atoms with van der Waals surface area (Å²) in [4.78, 5) is 0. The van der Waals surface area contributed by atoms with E-state index in [4.69, 9.17) is 0 Å². The van der Waals surface area contributed by atoms with Gasteiger partial charge in [0.2, 0.25) is 0 Å². The summed E-state index contributed by atoms with van der Waals surface area (Å²) in [5.41, 5.74) is 4.21. The SMILES string of the molecule is Cc1ccccc1P[c-]1ccc2ccccc21.[C-]1=CC=CC1.[Zr+2].c1ccc(CCc2ccccc2)cc1. The van der Waals surface area contributed by atoms with Gasteiger partial charge in [-0.2, -0.15) is 12.1 Å². The fraction of sp³-hybridized carbons (Fsp3) is 0.114. The third-order valence-corrected chi connectivity index (χ3v) is 7.60. The second kappa shape index (κ2) is 16.2. The fourth-order valence-corrected chi connectivity index (χ4v) is 5.32. The predicted molar refractivity (Wildman–Crippen MR) is 160 cm³/mol. The molecule has 0 nitrogen and oxygen atoms in total. The second-order valence-corrected chi connectivity index (χ2v) is 10.1. The van der Waals surface area contributed by atoms with E-state index >= 15 is 0 Å². The predicted octanol–water partition coefficient (Wildman–Crippen LogP) is 8.27. The smallest absolute Gasteiger partial charge is 0.273 e. The Kier molecular flexibility index (Phi) is 12.6. The molecule has 0 aromatic heterocycles.